The predicted octanol–water partition coefficient (Wildman–Crippen LogP) is 6.18. The van der Waals surface area contributed by atoms with Crippen LogP contribution in [0.15, 0.2) is 0 Å². The van der Waals surface area contributed by atoms with Gasteiger partial charge < -0.3 is 9.84 Å². The summed E-state index contributed by atoms with van der Waals surface area (Å²) >= 11 is 0. The lowest BCUT2D eigenvalue weighted by Crippen LogP contribution is -2.45. The molecule has 2 rings (SSSR count). The molecule has 0 spiro atoms. The van der Waals surface area contributed by atoms with Gasteiger partial charge in [0, 0.05) is 5.92 Å². The highest BCUT2D eigenvalue weighted by molar-refractivity contribution is 5.81. The van der Waals surface area contributed by atoms with Gasteiger partial charge >= 0.3 is 11.9 Å². The Hall–Kier alpha value is -1.06. The lowest BCUT2D eigenvalue weighted by molar-refractivity contribution is -0.172. The van der Waals surface area contributed by atoms with Crippen LogP contribution in [0, 0.1) is 46.8 Å². The topological polar surface area (TPSA) is 63.6 Å². The van der Waals surface area contributed by atoms with Crippen LogP contribution in [0.4, 0.5) is 0 Å². The van der Waals surface area contributed by atoms with E-state index in [0.717, 1.165) is 25.7 Å². The minimum absolute atomic E-state index is 0.0257. The Morgan fingerprint density at radius 3 is 2.14 bits per heavy atom. The number of carboxylic acid groups (broad SMARTS) is 1. The molecule has 2 aliphatic rings. The van der Waals surface area contributed by atoms with Crippen molar-refractivity contribution in [2.75, 3.05) is 0 Å². The Morgan fingerprint density at radius 1 is 1.03 bits per heavy atom. The molecule has 2 aliphatic carbocycles. The molecule has 2 fully saturated rings. The first-order valence-electron chi connectivity index (χ1n) is 11.9. The molecule has 0 amide bonds. The van der Waals surface area contributed by atoms with E-state index in [9.17, 15) is 14.7 Å². The fourth-order valence-corrected chi connectivity index (χ4v) is 6.25. The van der Waals surface area contributed by atoms with E-state index < -0.39 is 17.8 Å². The van der Waals surface area contributed by atoms with Crippen molar-refractivity contribution in [3.63, 3.8) is 0 Å². The van der Waals surface area contributed by atoms with Crippen LogP contribution in [0.5, 0.6) is 0 Å². The van der Waals surface area contributed by atoms with Crippen LogP contribution in [0.3, 0.4) is 0 Å². The number of hydrogen-bond donors (Lipinski definition) is 1. The summed E-state index contributed by atoms with van der Waals surface area (Å²) in [7, 11) is 0. The van der Waals surface area contributed by atoms with Gasteiger partial charge in [-0.15, -0.1) is 0 Å². The summed E-state index contributed by atoms with van der Waals surface area (Å²) in [5.74, 6) is -0.115. The highest BCUT2D eigenvalue weighted by Gasteiger charge is 2.45. The van der Waals surface area contributed by atoms with E-state index in [4.69, 9.17) is 4.74 Å². The van der Waals surface area contributed by atoms with E-state index in [1.54, 1.807) is 0 Å². The smallest absolute Gasteiger partial charge is 0.310 e. The van der Waals surface area contributed by atoms with Gasteiger partial charge in [-0.25, -0.2) is 0 Å². The molecule has 0 aromatic heterocycles. The van der Waals surface area contributed by atoms with Gasteiger partial charge in [-0.3, -0.25) is 9.59 Å². The highest BCUT2D eigenvalue weighted by Crippen LogP contribution is 2.45. The second-order valence-corrected chi connectivity index (χ2v) is 11.2. The van der Waals surface area contributed by atoms with Crippen LogP contribution in [0.1, 0.15) is 93.4 Å². The van der Waals surface area contributed by atoms with Gasteiger partial charge in [-0.1, -0.05) is 61.3 Å². The van der Waals surface area contributed by atoms with Crippen molar-refractivity contribution >= 4 is 11.9 Å². The third kappa shape index (κ3) is 5.98. The van der Waals surface area contributed by atoms with Crippen molar-refractivity contribution < 1.29 is 19.4 Å². The standard InChI is InChI=1S/C25H44O4/c1-8-25(6,7)14-20(21-17(4)12-15(2)13-18(21)5)29-24(28)19-11-9-10-16(3)22(19)23(26)27/h15-22H,8-14H2,1-7H3,(H,26,27). The van der Waals surface area contributed by atoms with E-state index in [2.05, 4.69) is 41.5 Å². The van der Waals surface area contributed by atoms with Crippen LogP contribution >= 0.6 is 0 Å². The molecule has 0 bridgehead atoms. The van der Waals surface area contributed by atoms with Gasteiger partial charge in [0.05, 0.1) is 11.8 Å². The summed E-state index contributed by atoms with van der Waals surface area (Å²) in [5, 5.41) is 9.74. The lowest BCUT2D eigenvalue weighted by atomic mass is 9.65. The van der Waals surface area contributed by atoms with Gasteiger partial charge in [0.2, 0.25) is 0 Å². The fourth-order valence-electron chi connectivity index (χ4n) is 6.25. The summed E-state index contributed by atoms with van der Waals surface area (Å²) < 4.78 is 6.27. The average Bonchev–Trinajstić information content (AvgIpc) is 2.59. The maximum absolute atomic E-state index is 13.3. The van der Waals surface area contributed by atoms with Crippen molar-refractivity contribution in [2.45, 2.75) is 99.5 Å². The van der Waals surface area contributed by atoms with Gasteiger partial charge in [-0.2, -0.15) is 0 Å². The lowest BCUT2D eigenvalue weighted by Gasteiger charge is -2.44. The molecule has 4 heteroatoms. The van der Waals surface area contributed by atoms with Crippen molar-refractivity contribution in [1.29, 1.82) is 0 Å². The van der Waals surface area contributed by atoms with Gasteiger partial charge in [0.25, 0.3) is 0 Å². The third-order valence-electron chi connectivity index (χ3n) is 8.08. The largest absolute Gasteiger partial charge is 0.481 e. The Labute approximate surface area is 178 Å². The van der Waals surface area contributed by atoms with Gasteiger partial charge in [0.1, 0.15) is 6.10 Å². The first-order valence-corrected chi connectivity index (χ1v) is 11.9. The molecule has 29 heavy (non-hydrogen) atoms. The van der Waals surface area contributed by atoms with Gasteiger partial charge in [-0.05, 0) is 61.2 Å². The molecule has 6 unspecified atom stereocenters. The molecule has 6 atom stereocenters. The number of esters is 1. The number of carboxylic acids is 1. The second-order valence-electron chi connectivity index (χ2n) is 11.2. The maximum Gasteiger partial charge on any atom is 0.310 e. The number of rotatable bonds is 7. The Kier molecular flexibility index (Phi) is 8.21. The molecule has 0 aliphatic heterocycles. The van der Waals surface area contributed by atoms with E-state index in [-0.39, 0.29) is 23.4 Å². The second kappa shape index (κ2) is 9.83. The molecule has 0 radical (unpaired) electrons. The van der Waals surface area contributed by atoms with E-state index in [1.807, 2.05) is 6.92 Å². The van der Waals surface area contributed by atoms with Crippen molar-refractivity contribution in [3.8, 4) is 0 Å². The third-order valence-corrected chi connectivity index (χ3v) is 8.08. The first kappa shape index (κ1) is 24.2. The van der Waals surface area contributed by atoms with Crippen LogP contribution in [-0.4, -0.2) is 23.1 Å². The Morgan fingerprint density at radius 2 is 1.62 bits per heavy atom. The molecule has 0 aromatic rings. The quantitative estimate of drug-likeness (QED) is 0.511. The number of hydrogen-bond acceptors (Lipinski definition) is 3. The van der Waals surface area contributed by atoms with Crippen molar-refractivity contribution in [3.05, 3.63) is 0 Å². The Bertz CT molecular complexity index is 557. The van der Waals surface area contributed by atoms with E-state index in [0.29, 0.717) is 30.1 Å². The molecule has 0 heterocycles. The zero-order valence-corrected chi connectivity index (χ0v) is 19.7. The Balaban J connectivity index is 2.24. The molecule has 168 valence electrons. The summed E-state index contributed by atoms with van der Waals surface area (Å²) in [6, 6.07) is 0. The molecule has 0 saturated heterocycles. The van der Waals surface area contributed by atoms with Crippen LogP contribution in [0.25, 0.3) is 0 Å². The number of carbonyl (C=O) groups excluding carboxylic acids is 1. The summed E-state index contributed by atoms with van der Waals surface area (Å²) in [6.45, 7) is 15.6. The van der Waals surface area contributed by atoms with Crippen LogP contribution in [0.2, 0.25) is 0 Å². The van der Waals surface area contributed by atoms with Crippen LogP contribution in [-0.2, 0) is 14.3 Å². The molecular weight excluding hydrogens is 364 g/mol. The van der Waals surface area contributed by atoms with Crippen LogP contribution < -0.4 is 0 Å². The predicted molar refractivity (Wildman–Crippen MR) is 116 cm³/mol. The molecule has 4 nitrogen and oxygen atoms in total. The molecule has 1 N–H and O–H groups in total. The van der Waals surface area contributed by atoms with Crippen molar-refractivity contribution in [1.82, 2.24) is 0 Å². The zero-order valence-electron chi connectivity index (χ0n) is 19.7. The van der Waals surface area contributed by atoms with E-state index >= 15 is 0 Å². The maximum atomic E-state index is 13.3. The zero-order chi connectivity index (χ0) is 21.9. The molecule has 0 aromatic carbocycles. The average molecular weight is 409 g/mol. The van der Waals surface area contributed by atoms with Crippen molar-refractivity contribution in [2.24, 2.45) is 46.8 Å². The minimum Gasteiger partial charge on any atom is -0.481 e. The first-order chi connectivity index (χ1) is 13.5. The summed E-state index contributed by atoms with van der Waals surface area (Å²) in [6.07, 6.45) is 6.53. The van der Waals surface area contributed by atoms with Gasteiger partial charge in [0.15, 0.2) is 0 Å². The molecule has 2 saturated carbocycles. The fraction of sp³-hybridized carbons (Fsp3) is 0.920. The highest BCUT2D eigenvalue weighted by atomic mass is 16.5. The summed E-state index contributed by atoms with van der Waals surface area (Å²) in [4.78, 5) is 25.2. The number of carbonyl (C=O) groups is 2. The van der Waals surface area contributed by atoms with E-state index in [1.165, 1.54) is 12.8 Å². The molecular formula is C25H44O4. The monoisotopic (exact) mass is 408 g/mol. The number of aliphatic carboxylic acids is 1. The minimum atomic E-state index is -0.849. The normalized spacial score (nSPS) is 37.0. The SMILES string of the molecule is CCC(C)(C)CC(OC(=O)C1CCCC(C)C1C(=O)O)C1C(C)CC(C)CC1C. The number of ether oxygens (including phenoxy) is 1. The summed E-state index contributed by atoms with van der Waals surface area (Å²) in [5.41, 5.74) is 0.0967.